The van der Waals surface area contributed by atoms with E-state index in [9.17, 15) is 0 Å². The van der Waals surface area contributed by atoms with E-state index in [4.69, 9.17) is 11.1 Å². The summed E-state index contributed by atoms with van der Waals surface area (Å²) in [7, 11) is 0. The van der Waals surface area contributed by atoms with Crippen molar-refractivity contribution < 1.29 is 0 Å². The lowest BCUT2D eigenvalue weighted by atomic mass is 10.2. The summed E-state index contributed by atoms with van der Waals surface area (Å²) in [5.41, 5.74) is 6.59. The van der Waals surface area contributed by atoms with Crippen molar-refractivity contribution in [2.24, 2.45) is 5.73 Å². The number of nitrogens with one attached hydrogen (secondary N) is 2. The molecule has 0 spiro atoms. The second kappa shape index (κ2) is 4.20. The van der Waals surface area contributed by atoms with Gasteiger partial charge in [-0.15, -0.1) is 11.3 Å². The van der Waals surface area contributed by atoms with Gasteiger partial charge in [0, 0.05) is 21.9 Å². The third kappa shape index (κ3) is 2.18. The minimum absolute atomic E-state index is 0.0609. The molecule has 0 fully saturated rings. The molecule has 1 atom stereocenters. The van der Waals surface area contributed by atoms with Crippen LogP contribution in [0.4, 0.5) is 0 Å². The van der Waals surface area contributed by atoms with Gasteiger partial charge in [-0.05, 0) is 13.0 Å². The summed E-state index contributed by atoms with van der Waals surface area (Å²) < 4.78 is 2.75. The molecular weight excluding hydrogens is 285 g/mol. The Hall–Kier alpha value is -0.140. The number of hydrogen-bond donors (Lipinski definition) is 3. The van der Waals surface area contributed by atoms with E-state index in [-0.39, 0.29) is 6.04 Å². The average Bonchev–Trinajstić information content (AvgIpc) is 2.51. The molecule has 0 amide bonds. The number of rotatable bonds is 2. The number of hydrogen-bond acceptors (Lipinski definition) is 3. The van der Waals surface area contributed by atoms with E-state index < -0.39 is 0 Å². The second-order valence-corrected chi connectivity index (χ2v) is 3.98. The predicted octanol–water partition coefficient (Wildman–Crippen LogP) is 2.03. The van der Waals surface area contributed by atoms with Crippen molar-refractivity contribution in [3.05, 3.63) is 21.9 Å². The van der Waals surface area contributed by atoms with Gasteiger partial charge in [-0.3, -0.25) is 5.41 Å². The van der Waals surface area contributed by atoms with E-state index in [2.05, 4.69) is 3.53 Å². The van der Waals surface area contributed by atoms with Crippen LogP contribution in [0.25, 0.3) is 0 Å². The van der Waals surface area contributed by atoms with E-state index >= 15 is 0 Å². The van der Waals surface area contributed by atoms with Gasteiger partial charge in [0.1, 0.15) is 5.84 Å². The summed E-state index contributed by atoms with van der Waals surface area (Å²) in [6, 6.07) is 2.01. The predicted molar refractivity (Wildman–Crippen MR) is 60.9 cm³/mol. The van der Waals surface area contributed by atoms with Crippen molar-refractivity contribution >= 4 is 40.0 Å². The third-order valence-corrected chi connectivity index (χ3v) is 3.12. The highest BCUT2D eigenvalue weighted by Gasteiger charge is 2.06. The van der Waals surface area contributed by atoms with E-state index in [0.717, 1.165) is 10.4 Å². The van der Waals surface area contributed by atoms with Crippen molar-refractivity contribution in [3.63, 3.8) is 0 Å². The minimum atomic E-state index is 0.0609. The van der Waals surface area contributed by atoms with Crippen LogP contribution < -0.4 is 9.26 Å². The molecule has 0 bridgehead atoms. The van der Waals surface area contributed by atoms with Crippen molar-refractivity contribution in [2.45, 2.75) is 13.0 Å². The molecule has 0 saturated heterocycles. The minimum Gasteiger partial charge on any atom is -0.324 e. The average molecular weight is 295 g/mol. The summed E-state index contributed by atoms with van der Waals surface area (Å²) in [4.78, 5) is 1.11. The fourth-order valence-corrected chi connectivity index (χ4v) is 1.95. The molecule has 0 aliphatic rings. The molecule has 1 heterocycles. The Bertz CT molecular complexity index is 282. The Morgan fingerprint density at radius 3 is 2.92 bits per heavy atom. The fourth-order valence-electron chi connectivity index (χ4n) is 0.777. The number of nitrogens with two attached hydrogens (primary N) is 1. The Labute approximate surface area is 89.4 Å². The zero-order valence-electron chi connectivity index (χ0n) is 6.60. The standard InChI is InChI=1S/C7H10IN3S/c1-4(9)6-2-5(3-12-6)7(10)11-8/h2-4H,9H2,1H3,(H2,10,11)/t4-/m1/s1. The highest BCUT2D eigenvalue weighted by atomic mass is 127. The normalized spacial score (nSPS) is 12.6. The van der Waals surface area contributed by atoms with Crippen LogP contribution in [0.15, 0.2) is 11.4 Å². The molecule has 12 heavy (non-hydrogen) atoms. The monoisotopic (exact) mass is 295 g/mol. The maximum absolute atomic E-state index is 7.48. The molecule has 0 aliphatic heterocycles. The van der Waals surface area contributed by atoms with Gasteiger partial charge in [0.2, 0.25) is 0 Å². The van der Waals surface area contributed by atoms with Crippen molar-refractivity contribution in [3.8, 4) is 0 Å². The lowest BCUT2D eigenvalue weighted by Gasteiger charge is -1.98. The number of amidine groups is 1. The zero-order chi connectivity index (χ0) is 9.14. The third-order valence-electron chi connectivity index (χ3n) is 1.45. The smallest absolute Gasteiger partial charge is 0.135 e. The summed E-state index contributed by atoms with van der Waals surface area (Å²) in [5, 5.41) is 9.42. The molecular formula is C7H10IN3S. The first-order valence-corrected chi connectivity index (χ1v) is 5.40. The van der Waals surface area contributed by atoms with E-state index in [1.54, 1.807) is 11.3 Å². The van der Waals surface area contributed by atoms with Gasteiger partial charge >= 0.3 is 0 Å². The SMILES string of the molecule is C[C@@H](N)c1cc(C(=N)NI)cs1. The molecule has 0 aliphatic carbocycles. The quantitative estimate of drug-likeness (QED) is 0.338. The first-order valence-electron chi connectivity index (χ1n) is 3.44. The largest absolute Gasteiger partial charge is 0.324 e. The molecule has 1 aromatic rings. The Kier molecular flexibility index (Phi) is 3.48. The number of thiophene rings is 1. The van der Waals surface area contributed by atoms with Crippen LogP contribution in [0.5, 0.6) is 0 Å². The molecule has 66 valence electrons. The highest BCUT2D eigenvalue weighted by molar-refractivity contribution is 14.1. The molecule has 1 rings (SSSR count). The fraction of sp³-hybridized carbons (Fsp3) is 0.286. The van der Waals surface area contributed by atoms with Gasteiger partial charge in [-0.25, -0.2) is 0 Å². The Balaban J connectivity index is 2.84. The van der Waals surface area contributed by atoms with Crippen LogP contribution >= 0.6 is 34.2 Å². The molecule has 0 radical (unpaired) electrons. The highest BCUT2D eigenvalue weighted by Crippen LogP contribution is 2.20. The van der Waals surface area contributed by atoms with E-state index in [1.807, 2.05) is 41.2 Å². The molecule has 1 aromatic heterocycles. The van der Waals surface area contributed by atoms with Crippen molar-refractivity contribution in [1.29, 1.82) is 5.41 Å². The summed E-state index contributed by atoms with van der Waals surface area (Å²) >= 11 is 3.53. The van der Waals surface area contributed by atoms with Gasteiger partial charge in [-0.2, -0.15) is 0 Å². The molecule has 0 saturated carbocycles. The van der Waals surface area contributed by atoms with Crippen molar-refractivity contribution in [2.75, 3.05) is 0 Å². The Morgan fingerprint density at radius 2 is 2.50 bits per heavy atom. The Morgan fingerprint density at radius 1 is 1.83 bits per heavy atom. The number of halogens is 1. The van der Waals surface area contributed by atoms with Crippen LogP contribution in [0.2, 0.25) is 0 Å². The van der Waals surface area contributed by atoms with Crippen LogP contribution in [0.1, 0.15) is 23.4 Å². The van der Waals surface area contributed by atoms with Gasteiger partial charge in [0.05, 0.1) is 22.9 Å². The lowest BCUT2D eigenvalue weighted by Crippen LogP contribution is -2.10. The molecule has 0 aromatic carbocycles. The van der Waals surface area contributed by atoms with Crippen LogP contribution in [-0.4, -0.2) is 5.84 Å². The molecule has 5 heteroatoms. The second-order valence-electron chi connectivity index (χ2n) is 2.50. The first kappa shape index (κ1) is 9.94. The van der Waals surface area contributed by atoms with E-state index in [1.165, 1.54) is 0 Å². The van der Waals surface area contributed by atoms with Gasteiger partial charge in [0.15, 0.2) is 0 Å². The summed E-state index contributed by atoms with van der Waals surface area (Å²) in [5.74, 6) is 0.429. The molecule has 0 unspecified atom stereocenters. The van der Waals surface area contributed by atoms with Gasteiger partial charge in [0.25, 0.3) is 0 Å². The molecule has 4 N–H and O–H groups in total. The summed E-state index contributed by atoms with van der Waals surface area (Å²) in [6.45, 7) is 1.94. The zero-order valence-corrected chi connectivity index (χ0v) is 9.57. The maximum Gasteiger partial charge on any atom is 0.135 e. The van der Waals surface area contributed by atoms with E-state index in [0.29, 0.717) is 5.84 Å². The molecule has 3 nitrogen and oxygen atoms in total. The van der Waals surface area contributed by atoms with Gasteiger partial charge in [-0.1, -0.05) is 0 Å². The van der Waals surface area contributed by atoms with Crippen LogP contribution in [0.3, 0.4) is 0 Å². The lowest BCUT2D eigenvalue weighted by molar-refractivity contribution is 0.838. The summed E-state index contributed by atoms with van der Waals surface area (Å²) in [6.07, 6.45) is 0. The van der Waals surface area contributed by atoms with Crippen molar-refractivity contribution in [1.82, 2.24) is 3.53 Å². The van der Waals surface area contributed by atoms with Crippen LogP contribution in [0, 0.1) is 5.41 Å². The topological polar surface area (TPSA) is 61.9 Å². The maximum atomic E-state index is 7.48. The van der Waals surface area contributed by atoms with Crippen LogP contribution in [-0.2, 0) is 0 Å². The first-order chi connectivity index (χ1) is 5.65. The van der Waals surface area contributed by atoms with Gasteiger partial charge < -0.3 is 9.26 Å².